The van der Waals surface area contributed by atoms with Crippen LogP contribution in [0.4, 0.5) is 0 Å². The topological polar surface area (TPSA) is 109 Å². The van der Waals surface area contributed by atoms with E-state index < -0.39 is 17.4 Å². The van der Waals surface area contributed by atoms with Crippen LogP contribution in [-0.2, 0) is 0 Å². The van der Waals surface area contributed by atoms with Gasteiger partial charge in [-0.05, 0) is 51.1 Å². The smallest absolute Gasteiger partial charge is 0.290 e. The molecule has 2 heterocycles. The lowest BCUT2D eigenvalue weighted by atomic mass is 10.1. The molecular formula is C23H21N5O3. The van der Waals surface area contributed by atoms with Crippen molar-refractivity contribution in [1.29, 1.82) is 0 Å². The Morgan fingerprint density at radius 3 is 2.23 bits per heavy atom. The van der Waals surface area contributed by atoms with E-state index in [0.717, 1.165) is 17.0 Å². The van der Waals surface area contributed by atoms with Crippen molar-refractivity contribution in [1.82, 2.24) is 25.6 Å². The van der Waals surface area contributed by atoms with Crippen LogP contribution < -0.4 is 16.4 Å². The molecule has 0 fully saturated rings. The van der Waals surface area contributed by atoms with Gasteiger partial charge in [0.1, 0.15) is 0 Å². The molecule has 4 aromatic rings. The molecule has 31 heavy (non-hydrogen) atoms. The van der Waals surface area contributed by atoms with E-state index in [4.69, 9.17) is 0 Å². The maximum absolute atomic E-state index is 13.0. The van der Waals surface area contributed by atoms with Gasteiger partial charge in [0.05, 0.1) is 16.6 Å². The second kappa shape index (κ2) is 7.91. The molecule has 0 unspecified atom stereocenters. The maximum Gasteiger partial charge on any atom is 0.290 e. The first-order valence-corrected chi connectivity index (χ1v) is 9.71. The first-order valence-electron chi connectivity index (χ1n) is 9.71. The summed E-state index contributed by atoms with van der Waals surface area (Å²) in [6.07, 6.45) is 0. The molecule has 0 saturated heterocycles. The van der Waals surface area contributed by atoms with Gasteiger partial charge in [0.25, 0.3) is 17.4 Å². The minimum absolute atomic E-state index is 0.0112. The van der Waals surface area contributed by atoms with Crippen molar-refractivity contribution in [2.75, 3.05) is 0 Å². The molecule has 0 spiro atoms. The molecule has 2 amide bonds. The monoisotopic (exact) mass is 415 g/mol. The number of amides is 2. The van der Waals surface area contributed by atoms with Crippen molar-refractivity contribution < 1.29 is 9.59 Å². The van der Waals surface area contributed by atoms with Crippen LogP contribution in [0, 0.1) is 20.8 Å². The van der Waals surface area contributed by atoms with Crippen molar-refractivity contribution in [3.8, 4) is 5.69 Å². The SMILES string of the molecule is Cc1ccc(-n2c(C)ccc2C)c(C(=O)NNC(=O)c2n[nH]c(=O)c3ccccc23)c1. The van der Waals surface area contributed by atoms with Gasteiger partial charge in [-0.3, -0.25) is 25.2 Å². The molecule has 0 aliphatic heterocycles. The minimum atomic E-state index is -0.636. The third-order valence-corrected chi connectivity index (χ3v) is 5.11. The highest BCUT2D eigenvalue weighted by molar-refractivity contribution is 6.06. The van der Waals surface area contributed by atoms with Gasteiger partial charge in [-0.25, -0.2) is 5.10 Å². The normalized spacial score (nSPS) is 10.8. The number of carbonyl (C=O) groups excluding carboxylic acids is 2. The Bertz CT molecular complexity index is 1360. The molecule has 156 valence electrons. The lowest BCUT2D eigenvalue weighted by Crippen LogP contribution is -2.42. The fraction of sp³-hybridized carbons (Fsp3) is 0.130. The van der Waals surface area contributed by atoms with E-state index in [1.165, 1.54) is 0 Å². The average Bonchev–Trinajstić information content (AvgIpc) is 3.10. The highest BCUT2D eigenvalue weighted by Crippen LogP contribution is 2.21. The number of aromatic amines is 1. The quantitative estimate of drug-likeness (QED) is 0.447. The second-order valence-corrected chi connectivity index (χ2v) is 7.33. The molecular weight excluding hydrogens is 394 g/mol. The van der Waals surface area contributed by atoms with Crippen LogP contribution in [0.1, 0.15) is 37.8 Å². The first-order chi connectivity index (χ1) is 14.9. The Morgan fingerprint density at radius 1 is 0.871 bits per heavy atom. The van der Waals surface area contributed by atoms with E-state index in [2.05, 4.69) is 21.0 Å². The van der Waals surface area contributed by atoms with Gasteiger partial charge >= 0.3 is 0 Å². The number of carbonyl (C=O) groups is 2. The summed E-state index contributed by atoms with van der Waals surface area (Å²) in [4.78, 5) is 37.6. The summed E-state index contributed by atoms with van der Waals surface area (Å²) in [5.41, 5.74) is 8.50. The first kappa shape index (κ1) is 20.1. The molecule has 8 nitrogen and oxygen atoms in total. The van der Waals surface area contributed by atoms with Crippen LogP contribution in [0.2, 0.25) is 0 Å². The predicted octanol–water partition coefficient (Wildman–Crippen LogP) is 2.71. The summed E-state index contributed by atoms with van der Waals surface area (Å²) in [5.74, 6) is -1.10. The molecule has 3 N–H and O–H groups in total. The molecule has 0 atom stereocenters. The molecule has 0 aliphatic carbocycles. The van der Waals surface area contributed by atoms with Crippen LogP contribution in [0.15, 0.2) is 59.4 Å². The van der Waals surface area contributed by atoms with Crippen molar-refractivity contribution in [2.24, 2.45) is 0 Å². The van der Waals surface area contributed by atoms with Crippen LogP contribution in [-0.4, -0.2) is 26.6 Å². The summed E-state index contributed by atoms with van der Waals surface area (Å²) < 4.78 is 1.98. The van der Waals surface area contributed by atoms with Crippen molar-refractivity contribution in [2.45, 2.75) is 20.8 Å². The largest absolute Gasteiger partial charge is 0.318 e. The number of hydrogen-bond donors (Lipinski definition) is 3. The number of nitrogens with one attached hydrogen (secondary N) is 3. The number of benzene rings is 2. The standard InChI is InChI=1S/C23H21N5O3/c1-13-8-11-19(28-14(2)9-10-15(28)3)18(12-13)22(30)26-27-23(31)20-16-6-4-5-7-17(16)21(29)25-24-20/h4-12H,1-3H3,(H,25,29)(H,26,30)(H,27,31). The number of aryl methyl sites for hydroxylation is 3. The predicted molar refractivity (Wildman–Crippen MR) is 117 cm³/mol. The molecule has 0 aliphatic rings. The lowest BCUT2D eigenvalue weighted by Gasteiger charge is -2.16. The van der Waals surface area contributed by atoms with Crippen molar-refractivity contribution in [3.63, 3.8) is 0 Å². The van der Waals surface area contributed by atoms with E-state index in [-0.39, 0.29) is 5.69 Å². The number of fused-ring (bicyclic) bond motifs is 1. The maximum atomic E-state index is 13.0. The van der Waals surface area contributed by atoms with Crippen LogP contribution in [0.5, 0.6) is 0 Å². The van der Waals surface area contributed by atoms with Crippen LogP contribution in [0.25, 0.3) is 16.5 Å². The lowest BCUT2D eigenvalue weighted by molar-refractivity contribution is 0.0844. The summed E-state index contributed by atoms with van der Waals surface area (Å²) in [6, 6.07) is 16.2. The molecule has 2 aromatic carbocycles. The van der Waals surface area contributed by atoms with E-state index in [1.54, 1.807) is 30.3 Å². The fourth-order valence-electron chi connectivity index (χ4n) is 3.60. The molecule has 0 bridgehead atoms. The van der Waals surface area contributed by atoms with Crippen molar-refractivity contribution in [3.05, 3.63) is 93.2 Å². The Balaban J connectivity index is 1.62. The second-order valence-electron chi connectivity index (χ2n) is 7.33. The van der Waals surface area contributed by atoms with Gasteiger partial charge < -0.3 is 4.57 Å². The van der Waals surface area contributed by atoms with Gasteiger partial charge in [0.15, 0.2) is 5.69 Å². The Morgan fingerprint density at radius 2 is 1.52 bits per heavy atom. The van der Waals surface area contributed by atoms with Crippen LogP contribution >= 0.6 is 0 Å². The van der Waals surface area contributed by atoms with Gasteiger partial charge in [-0.15, -0.1) is 0 Å². The zero-order valence-electron chi connectivity index (χ0n) is 17.3. The van der Waals surface area contributed by atoms with Gasteiger partial charge in [-0.2, -0.15) is 5.10 Å². The number of nitrogens with zero attached hydrogens (tertiary/aromatic N) is 2. The number of rotatable bonds is 3. The molecule has 0 saturated carbocycles. The van der Waals surface area contributed by atoms with Crippen LogP contribution in [0.3, 0.4) is 0 Å². The Hall–Kier alpha value is -4.20. The highest BCUT2D eigenvalue weighted by Gasteiger charge is 2.18. The molecule has 2 aromatic heterocycles. The van der Waals surface area contributed by atoms with Crippen molar-refractivity contribution >= 4 is 22.6 Å². The summed E-state index contributed by atoms with van der Waals surface area (Å²) in [6.45, 7) is 5.82. The Labute approximate surface area is 177 Å². The summed E-state index contributed by atoms with van der Waals surface area (Å²) >= 11 is 0. The van der Waals surface area contributed by atoms with E-state index in [0.29, 0.717) is 22.0 Å². The number of hydrogen-bond acceptors (Lipinski definition) is 4. The van der Waals surface area contributed by atoms with Gasteiger partial charge in [0.2, 0.25) is 0 Å². The number of H-pyrrole nitrogens is 1. The van der Waals surface area contributed by atoms with E-state index in [1.807, 2.05) is 49.6 Å². The summed E-state index contributed by atoms with van der Waals surface area (Å²) in [7, 11) is 0. The molecule has 8 heteroatoms. The average molecular weight is 415 g/mol. The van der Waals surface area contributed by atoms with E-state index >= 15 is 0 Å². The van der Waals surface area contributed by atoms with Gasteiger partial charge in [-0.1, -0.05) is 29.8 Å². The van der Waals surface area contributed by atoms with Gasteiger partial charge in [0, 0.05) is 16.8 Å². The molecule has 0 radical (unpaired) electrons. The Kier molecular flexibility index (Phi) is 5.12. The number of hydrazine groups is 1. The minimum Gasteiger partial charge on any atom is -0.318 e. The summed E-state index contributed by atoms with van der Waals surface area (Å²) in [5, 5.41) is 6.89. The fourth-order valence-corrected chi connectivity index (χ4v) is 3.60. The zero-order chi connectivity index (χ0) is 22.1. The third-order valence-electron chi connectivity index (χ3n) is 5.11. The van der Waals surface area contributed by atoms with E-state index in [9.17, 15) is 14.4 Å². The molecule has 4 rings (SSSR count). The zero-order valence-corrected chi connectivity index (χ0v) is 17.3. The number of aromatic nitrogens is 3. The third kappa shape index (κ3) is 3.71. The highest BCUT2D eigenvalue weighted by atomic mass is 16.2.